The Bertz CT molecular complexity index is 377. The van der Waals surface area contributed by atoms with E-state index in [0.717, 1.165) is 17.5 Å². The molecule has 0 saturated heterocycles. The third-order valence-corrected chi connectivity index (χ3v) is 3.16. The Morgan fingerprint density at radius 3 is 2.76 bits per heavy atom. The summed E-state index contributed by atoms with van der Waals surface area (Å²) in [6, 6.07) is 0. The molecule has 0 aliphatic carbocycles. The van der Waals surface area contributed by atoms with Crippen molar-refractivity contribution in [3.8, 4) is 0 Å². The van der Waals surface area contributed by atoms with Crippen LogP contribution in [0.4, 0.5) is 5.13 Å². The molecule has 0 spiro atoms. The standard InChI is InChI=1S/C10H19N5OS/c1-4-15(6-5-8(11)13-16)10-12-9(7(2)3)14-17-10/h7,16H,4-6H2,1-3H3,(H2,11,13). The first-order chi connectivity index (χ1) is 8.08. The smallest absolute Gasteiger partial charge is 0.205 e. The van der Waals surface area contributed by atoms with Gasteiger partial charge in [-0.15, -0.1) is 0 Å². The SMILES string of the molecule is CCN(CCC(N)=NO)c1nc(C(C)C)ns1. The maximum absolute atomic E-state index is 8.49. The van der Waals surface area contributed by atoms with Gasteiger partial charge < -0.3 is 15.8 Å². The fraction of sp³-hybridized carbons (Fsp3) is 0.700. The summed E-state index contributed by atoms with van der Waals surface area (Å²) in [5.74, 6) is 1.44. The van der Waals surface area contributed by atoms with E-state index in [4.69, 9.17) is 10.9 Å². The Balaban J connectivity index is 2.66. The average molecular weight is 257 g/mol. The van der Waals surface area contributed by atoms with Gasteiger partial charge in [-0.3, -0.25) is 0 Å². The zero-order chi connectivity index (χ0) is 12.8. The molecule has 0 unspecified atom stereocenters. The maximum atomic E-state index is 8.49. The quantitative estimate of drug-likeness (QED) is 0.350. The van der Waals surface area contributed by atoms with Gasteiger partial charge in [0.1, 0.15) is 11.7 Å². The third kappa shape index (κ3) is 3.85. The van der Waals surface area contributed by atoms with Crippen molar-refractivity contribution in [2.45, 2.75) is 33.1 Å². The number of hydrogen-bond acceptors (Lipinski definition) is 6. The molecule has 6 nitrogen and oxygen atoms in total. The molecule has 0 fully saturated rings. The highest BCUT2D eigenvalue weighted by atomic mass is 32.1. The summed E-state index contributed by atoms with van der Waals surface area (Å²) in [4.78, 5) is 6.55. The second kappa shape index (κ2) is 6.39. The topological polar surface area (TPSA) is 87.6 Å². The number of aromatic nitrogens is 2. The molecule has 17 heavy (non-hydrogen) atoms. The Hall–Kier alpha value is -1.37. The van der Waals surface area contributed by atoms with E-state index in [2.05, 4.69) is 33.3 Å². The van der Waals surface area contributed by atoms with E-state index >= 15 is 0 Å². The van der Waals surface area contributed by atoms with E-state index in [1.165, 1.54) is 11.5 Å². The van der Waals surface area contributed by atoms with Gasteiger partial charge in [-0.05, 0) is 6.92 Å². The molecule has 0 radical (unpaired) electrons. The first-order valence-corrected chi connectivity index (χ1v) is 6.40. The zero-order valence-corrected chi connectivity index (χ0v) is 11.2. The lowest BCUT2D eigenvalue weighted by Crippen LogP contribution is -2.27. The largest absolute Gasteiger partial charge is 0.409 e. The number of amidine groups is 1. The Kier molecular flexibility index (Phi) is 5.14. The first kappa shape index (κ1) is 13.7. The predicted molar refractivity (Wildman–Crippen MR) is 69.9 cm³/mol. The first-order valence-electron chi connectivity index (χ1n) is 5.63. The fourth-order valence-corrected chi connectivity index (χ4v) is 2.17. The second-order valence-corrected chi connectivity index (χ2v) is 4.74. The summed E-state index contributed by atoms with van der Waals surface area (Å²) >= 11 is 1.39. The van der Waals surface area contributed by atoms with Crippen LogP contribution in [0.3, 0.4) is 0 Å². The lowest BCUT2D eigenvalue weighted by atomic mass is 10.2. The van der Waals surface area contributed by atoms with E-state index in [1.54, 1.807) is 0 Å². The summed E-state index contributed by atoms with van der Waals surface area (Å²) in [5.41, 5.74) is 5.45. The highest BCUT2D eigenvalue weighted by Gasteiger charge is 2.13. The summed E-state index contributed by atoms with van der Waals surface area (Å²) in [7, 11) is 0. The summed E-state index contributed by atoms with van der Waals surface area (Å²) in [6.45, 7) is 7.68. The third-order valence-electron chi connectivity index (χ3n) is 2.37. The minimum absolute atomic E-state index is 0.233. The minimum atomic E-state index is 0.233. The van der Waals surface area contributed by atoms with Gasteiger partial charge in [0.15, 0.2) is 0 Å². The number of nitrogens with two attached hydrogens (primary N) is 1. The molecule has 0 aromatic carbocycles. The molecule has 1 aromatic heterocycles. The summed E-state index contributed by atoms with van der Waals surface area (Å²) in [6.07, 6.45) is 0.515. The van der Waals surface area contributed by atoms with Crippen LogP contribution < -0.4 is 10.6 Å². The molecule has 0 bridgehead atoms. The van der Waals surface area contributed by atoms with Crippen LogP contribution in [0.2, 0.25) is 0 Å². The van der Waals surface area contributed by atoms with E-state index < -0.39 is 0 Å². The molecular weight excluding hydrogens is 238 g/mol. The van der Waals surface area contributed by atoms with Gasteiger partial charge >= 0.3 is 0 Å². The number of nitrogens with zero attached hydrogens (tertiary/aromatic N) is 4. The normalized spacial score (nSPS) is 12.1. The van der Waals surface area contributed by atoms with Crippen LogP contribution in [0.25, 0.3) is 0 Å². The molecular formula is C10H19N5OS. The molecule has 0 amide bonds. The van der Waals surface area contributed by atoms with E-state index in [0.29, 0.717) is 18.9 Å². The van der Waals surface area contributed by atoms with Crippen molar-refractivity contribution >= 4 is 22.5 Å². The average Bonchev–Trinajstić information content (AvgIpc) is 2.79. The Morgan fingerprint density at radius 2 is 2.29 bits per heavy atom. The van der Waals surface area contributed by atoms with Crippen LogP contribution in [0.5, 0.6) is 0 Å². The fourth-order valence-electron chi connectivity index (χ4n) is 1.28. The maximum Gasteiger partial charge on any atom is 0.205 e. The van der Waals surface area contributed by atoms with Crippen LogP contribution in [-0.4, -0.2) is 33.5 Å². The summed E-state index contributed by atoms with van der Waals surface area (Å²) < 4.78 is 4.31. The highest BCUT2D eigenvalue weighted by Crippen LogP contribution is 2.21. The monoisotopic (exact) mass is 257 g/mol. The van der Waals surface area contributed by atoms with Crippen molar-refractivity contribution in [3.63, 3.8) is 0 Å². The number of oxime groups is 1. The van der Waals surface area contributed by atoms with Crippen LogP contribution in [-0.2, 0) is 0 Å². The van der Waals surface area contributed by atoms with Crippen molar-refractivity contribution in [2.24, 2.45) is 10.9 Å². The van der Waals surface area contributed by atoms with Gasteiger partial charge in [-0.2, -0.15) is 4.37 Å². The van der Waals surface area contributed by atoms with Crippen molar-refractivity contribution < 1.29 is 5.21 Å². The molecule has 1 rings (SSSR count). The van der Waals surface area contributed by atoms with Crippen LogP contribution in [0.1, 0.15) is 38.9 Å². The molecule has 0 atom stereocenters. The van der Waals surface area contributed by atoms with E-state index in [1.807, 2.05) is 6.92 Å². The van der Waals surface area contributed by atoms with Crippen molar-refractivity contribution in [1.82, 2.24) is 9.36 Å². The molecule has 1 heterocycles. The van der Waals surface area contributed by atoms with E-state index in [9.17, 15) is 0 Å². The lowest BCUT2D eigenvalue weighted by molar-refractivity contribution is 0.317. The molecule has 0 saturated carbocycles. The Morgan fingerprint density at radius 1 is 1.59 bits per heavy atom. The molecule has 1 aromatic rings. The number of hydrogen-bond donors (Lipinski definition) is 2. The van der Waals surface area contributed by atoms with Crippen LogP contribution in [0.15, 0.2) is 5.16 Å². The van der Waals surface area contributed by atoms with Crippen molar-refractivity contribution in [2.75, 3.05) is 18.0 Å². The van der Waals surface area contributed by atoms with Gasteiger partial charge in [-0.25, -0.2) is 4.98 Å². The molecule has 7 heteroatoms. The van der Waals surface area contributed by atoms with Gasteiger partial charge in [0, 0.05) is 37.0 Å². The van der Waals surface area contributed by atoms with Gasteiger partial charge in [-0.1, -0.05) is 19.0 Å². The second-order valence-electron chi connectivity index (χ2n) is 4.01. The van der Waals surface area contributed by atoms with Crippen molar-refractivity contribution in [1.29, 1.82) is 0 Å². The number of anilines is 1. The van der Waals surface area contributed by atoms with Gasteiger partial charge in [0.25, 0.3) is 0 Å². The molecule has 0 aliphatic heterocycles. The molecule has 96 valence electrons. The Labute approximate surface area is 105 Å². The number of rotatable bonds is 6. The molecule has 3 N–H and O–H groups in total. The molecule has 0 aliphatic rings. The summed E-state index contributed by atoms with van der Waals surface area (Å²) in [5, 5.41) is 12.3. The lowest BCUT2D eigenvalue weighted by Gasteiger charge is -2.18. The van der Waals surface area contributed by atoms with Crippen molar-refractivity contribution in [3.05, 3.63) is 5.82 Å². The highest BCUT2D eigenvalue weighted by molar-refractivity contribution is 7.09. The van der Waals surface area contributed by atoms with Gasteiger partial charge in [0.2, 0.25) is 5.13 Å². The van der Waals surface area contributed by atoms with Crippen LogP contribution >= 0.6 is 11.5 Å². The zero-order valence-electron chi connectivity index (χ0n) is 10.4. The minimum Gasteiger partial charge on any atom is -0.409 e. The predicted octanol–water partition coefficient (Wildman–Crippen LogP) is 1.62. The van der Waals surface area contributed by atoms with E-state index in [-0.39, 0.29) is 5.84 Å². The van der Waals surface area contributed by atoms with Crippen LogP contribution in [0, 0.1) is 0 Å². The van der Waals surface area contributed by atoms with Gasteiger partial charge in [0.05, 0.1) is 0 Å².